The van der Waals surface area contributed by atoms with Crippen molar-refractivity contribution < 1.29 is 40.5 Å². The van der Waals surface area contributed by atoms with Crippen molar-refractivity contribution >= 4 is 11.9 Å². The van der Waals surface area contributed by atoms with E-state index in [0.29, 0.717) is 17.3 Å². The zero-order chi connectivity index (χ0) is 34.9. The fourth-order valence-electron chi connectivity index (χ4n) is 5.64. The molecule has 0 aliphatic rings. The molecule has 0 rings (SSSR count). The summed E-state index contributed by atoms with van der Waals surface area (Å²) in [6.07, 6.45) is 41.2. The Labute approximate surface area is 309 Å². The Morgan fingerprint density at radius 1 is 0.479 bits per heavy atom. The fraction of sp³-hybridized carbons (Fsp3) is 0.857. The number of quaternary nitrogens is 1. The minimum atomic E-state index is -0.846. The van der Waals surface area contributed by atoms with Crippen LogP contribution in [0.5, 0.6) is 0 Å². The molecule has 0 aliphatic heterocycles. The SMILES string of the molecule is CCCCCCCC/C=C\CCCCCCCC(=O)OC(OC(=O)CCCCCCC/C=C\CCCCCCCC)C(C)[N+](C)(C)C.[Br-]. The molecule has 5 nitrogen and oxygen atoms in total. The van der Waals surface area contributed by atoms with E-state index in [2.05, 4.69) is 38.2 Å². The second-order valence-electron chi connectivity index (χ2n) is 14.9. The monoisotopic (exact) mass is 742 g/mol. The fourth-order valence-corrected chi connectivity index (χ4v) is 5.64. The van der Waals surface area contributed by atoms with Gasteiger partial charge in [-0.25, -0.2) is 0 Å². The van der Waals surface area contributed by atoms with Gasteiger partial charge in [0.2, 0.25) is 0 Å². The van der Waals surface area contributed by atoms with Crippen molar-refractivity contribution in [1.29, 1.82) is 0 Å². The smallest absolute Gasteiger partial charge is 0.309 e. The number of halogens is 1. The molecule has 0 heterocycles. The highest BCUT2D eigenvalue weighted by Crippen LogP contribution is 2.17. The molecule has 1 unspecified atom stereocenters. The number of rotatable bonds is 34. The quantitative estimate of drug-likeness (QED) is 0.0217. The zero-order valence-corrected chi connectivity index (χ0v) is 34.3. The van der Waals surface area contributed by atoms with Crippen LogP contribution in [-0.2, 0) is 19.1 Å². The van der Waals surface area contributed by atoms with Crippen LogP contribution in [0.1, 0.15) is 201 Å². The summed E-state index contributed by atoms with van der Waals surface area (Å²) in [5.74, 6) is -0.525. The van der Waals surface area contributed by atoms with E-state index in [9.17, 15) is 9.59 Å². The molecule has 0 radical (unpaired) electrons. The number of likely N-dealkylation sites (N-methyl/N-ethyl adjacent to an activating group) is 1. The molecule has 0 spiro atoms. The van der Waals surface area contributed by atoms with Gasteiger partial charge in [0.05, 0.1) is 21.1 Å². The van der Waals surface area contributed by atoms with Crippen LogP contribution in [0.2, 0.25) is 0 Å². The van der Waals surface area contributed by atoms with Crippen LogP contribution in [-0.4, -0.2) is 49.9 Å². The van der Waals surface area contributed by atoms with E-state index in [-0.39, 0.29) is 35.0 Å². The summed E-state index contributed by atoms with van der Waals surface area (Å²) in [4.78, 5) is 25.3. The van der Waals surface area contributed by atoms with Crippen LogP contribution < -0.4 is 17.0 Å². The predicted octanol–water partition coefficient (Wildman–Crippen LogP) is 9.57. The number of esters is 2. The largest absolute Gasteiger partial charge is 1.00 e. The van der Waals surface area contributed by atoms with Gasteiger partial charge < -0.3 is 30.9 Å². The highest BCUT2D eigenvalue weighted by molar-refractivity contribution is 5.71. The summed E-state index contributed by atoms with van der Waals surface area (Å²) in [5, 5.41) is 0. The number of nitrogens with zero attached hydrogens (tertiary/aromatic N) is 1. The average Bonchev–Trinajstić information content (AvgIpc) is 3.03. The number of carbonyl (C=O) groups excluding carboxylic acids is 2. The standard InChI is InChI=1S/C42H80NO4.BrH/c1-7-9-11-13-15-17-19-21-23-25-27-29-31-33-35-37-40(44)46-42(39(3)43(4,5)6)47-41(45)38-36-34-32-30-28-26-24-22-20-18-16-14-12-10-8-2;/h21-24,39,42H,7-20,25-38H2,1-6H3;1H/q+1;/p-1/b23-21-,24-22-;. The van der Waals surface area contributed by atoms with E-state index < -0.39 is 6.29 Å². The number of allylic oxidation sites excluding steroid dienone is 4. The van der Waals surface area contributed by atoms with Crippen molar-refractivity contribution in [3.05, 3.63) is 24.3 Å². The molecule has 1 atom stereocenters. The Kier molecular flexibility index (Phi) is 36.4. The summed E-state index contributed by atoms with van der Waals surface area (Å²) < 4.78 is 12.0. The normalized spacial score (nSPS) is 12.6. The zero-order valence-electron chi connectivity index (χ0n) is 32.7. The van der Waals surface area contributed by atoms with Crippen LogP contribution in [0.25, 0.3) is 0 Å². The maximum absolute atomic E-state index is 12.7. The first kappa shape index (κ1) is 49.0. The Morgan fingerprint density at radius 2 is 0.750 bits per heavy atom. The third-order valence-electron chi connectivity index (χ3n) is 9.40. The van der Waals surface area contributed by atoms with Gasteiger partial charge in [0.1, 0.15) is 0 Å². The van der Waals surface area contributed by atoms with E-state index >= 15 is 0 Å². The Balaban J connectivity index is 0. The summed E-state index contributed by atoms with van der Waals surface area (Å²) in [7, 11) is 6.10. The maximum Gasteiger partial charge on any atom is 0.309 e. The highest BCUT2D eigenvalue weighted by Gasteiger charge is 2.34. The average molecular weight is 743 g/mol. The van der Waals surface area contributed by atoms with Crippen molar-refractivity contribution in [2.75, 3.05) is 21.1 Å². The van der Waals surface area contributed by atoms with Crippen LogP contribution in [0.4, 0.5) is 0 Å². The molecule has 0 aliphatic carbocycles. The second kappa shape index (κ2) is 35.7. The summed E-state index contributed by atoms with van der Waals surface area (Å²) in [5.41, 5.74) is 0. The maximum atomic E-state index is 12.7. The molecule has 0 saturated heterocycles. The lowest BCUT2D eigenvalue weighted by Crippen LogP contribution is -3.00. The van der Waals surface area contributed by atoms with E-state index in [4.69, 9.17) is 9.47 Å². The Morgan fingerprint density at radius 3 is 1.04 bits per heavy atom. The number of carbonyl (C=O) groups is 2. The number of ether oxygens (including phenoxy) is 2. The summed E-state index contributed by atoms with van der Waals surface area (Å²) >= 11 is 0. The molecule has 0 amide bonds. The predicted molar refractivity (Wildman–Crippen MR) is 202 cm³/mol. The molecular weight excluding hydrogens is 662 g/mol. The highest BCUT2D eigenvalue weighted by atomic mass is 79.9. The Bertz CT molecular complexity index is 722. The lowest BCUT2D eigenvalue weighted by Gasteiger charge is -2.35. The van der Waals surface area contributed by atoms with Gasteiger partial charge in [-0.05, 0) is 71.1 Å². The molecule has 0 fully saturated rings. The molecule has 0 aromatic rings. The third-order valence-corrected chi connectivity index (χ3v) is 9.40. The summed E-state index contributed by atoms with van der Waals surface area (Å²) in [6.45, 7) is 6.51. The molecule has 284 valence electrons. The first-order valence-electron chi connectivity index (χ1n) is 20.2. The first-order chi connectivity index (χ1) is 22.7. The van der Waals surface area contributed by atoms with Crippen molar-refractivity contribution in [3.63, 3.8) is 0 Å². The number of hydrogen-bond acceptors (Lipinski definition) is 4. The first-order valence-corrected chi connectivity index (χ1v) is 20.2. The second-order valence-corrected chi connectivity index (χ2v) is 14.9. The molecule has 0 aromatic carbocycles. The van der Waals surface area contributed by atoms with Gasteiger partial charge in [0.15, 0.2) is 6.04 Å². The number of unbranched alkanes of at least 4 members (excludes halogenated alkanes) is 22. The van der Waals surface area contributed by atoms with Crippen LogP contribution in [0.15, 0.2) is 24.3 Å². The Hall–Kier alpha value is -1.14. The van der Waals surface area contributed by atoms with Crippen LogP contribution in [0, 0.1) is 0 Å². The molecule has 0 bridgehead atoms. The van der Waals surface area contributed by atoms with E-state index in [1.165, 1.54) is 116 Å². The molecule has 0 aromatic heterocycles. The summed E-state index contributed by atoms with van der Waals surface area (Å²) in [6, 6.07) is -0.147. The third kappa shape index (κ3) is 33.4. The van der Waals surface area contributed by atoms with Gasteiger partial charge in [-0.15, -0.1) is 0 Å². The van der Waals surface area contributed by atoms with Gasteiger partial charge in [-0.3, -0.25) is 9.59 Å². The molecule has 0 saturated carbocycles. The lowest BCUT2D eigenvalue weighted by molar-refractivity contribution is -0.900. The van der Waals surface area contributed by atoms with Crippen LogP contribution in [0.3, 0.4) is 0 Å². The van der Waals surface area contributed by atoms with Crippen molar-refractivity contribution in [2.45, 2.75) is 213 Å². The lowest BCUT2D eigenvalue weighted by atomic mass is 10.1. The molecule has 0 N–H and O–H groups in total. The van der Waals surface area contributed by atoms with Gasteiger partial charge in [-0.2, -0.15) is 0 Å². The molecular formula is C42H80BrNO4. The van der Waals surface area contributed by atoms with E-state index in [1.54, 1.807) is 0 Å². The van der Waals surface area contributed by atoms with Crippen molar-refractivity contribution in [1.82, 2.24) is 0 Å². The van der Waals surface area contributed by atoms with Crippen LogP contribution >= 0.6 is 0 Å². The van der Waals surface area contributed by atoms with Crippen molar-refractivity contribution in [2.24, 2.45) is 0 Å². The van der Waals surface area contributed by atoms with E-state index in [0.717, 1.165) is 51.4 Å². The topological polar surface area (TPSA) is 52.6 Å². The van der Waals surface area contributed by atoms with Gasteiger partial charge >= 0.3 is 11.9 Å². The molecule has 6 heteroatoms. The minimum absolute atomic E-state index is 0. The molecule has 48 heavy (non-hydrogen) atoms. The minimum Gasteiger partial charge on any atom is -1.00 e. The van der Waals surface area contributed by atoms with E-state index in [1.807, 2.05) is 28.1 Å². The van der Waals surface area contributed by atoms with Gasteiger partial charge in [-0.1, -0.05) is 141 Å². The number of hydrogen-bond donors (Lipinski definition) is 0. The van der Waals surface area contributed by atoms with Crippen molar-refractivity contribution in [3.8, 4) is 0 Å². The van der Waals surface area contributed by atoms with Gasteiger partial charge in [0, 0.05) is 12.8 Å². The van der Waals surface area contributed by atoms with Gasteiger partial charge in [0.25, 0.3) is 6.29 Å².